The molecule has 4 amide bonds. The molecule has 0 bridgehead atoms. The summed E-state index contributed by atoms with van der Waals surface area (Å²) in [5.41, 5.74) is 0.787. The van der Waals surface area contributed by atoms with Gasteiger partial charge in [0.25, 0.3) is 0 Å². The summed E-state index contributed by atoms with van der Waals surface area (Å²) < 4.78 is 0. The van der Waals surface area contributed by atoms with Crippen LogP contribution >= 0.6 is 0 Å². The van der Waals surface area contributed by atoms with Gasteiger partial charge in [-0.05, 0) is 37.3 Å². The van der Waals surface area contributed by atoms with Gasteiger partial charge in [-0.2, -0.15) is 0 Å². The number of carbonyl (C=O) groups is 2. The van der Waals surface area contributed by atoms with Gasteiger partial charge in [0.2, 0.25) is 0 Å². The lowest BCUT2D eigenvalue weighted by Gasteiger charge is -2.31. The highest BCUT2D eigenvalue weighted by Crippen LogP contribution is 2.26. The molecule has 6 nitrogen and oxygen atoms in total. The molecule has 3 unspecified atom stereocenters. The Morgan fingerprint density at radius 1 is 1.08 bits per heavy atom. The average molecular weight is 358 g/mol. The Morgan fingerprint density at radius 2 is 1.85 bits per heavy atom. The van der Waals surface area contributed by atoms with E-state index in [0.29, 0.717) is 19.0 Å². The molecule has 0 spiro atoms. The number of rotatable bonds is 4. The van der Waals surface area contributed by atoms with Crippen molar-refractivity contribution in [1.82, 2.24) is 15.5 Å². The Morgan fingerprint density at radius 3 is 2.62 bits per heavy atom. The molecule has 26 heavy (non-hydrogen) atoms. The number of hydrogen-bond acceptors (Lipinski definition) is 2. The molecule has 142 valence electrons. The van der Waals surface area contributed by atoms with E-state index in [0.717, 1.165) is 24.9 Å². The second-order valence-electron chi connectivity index (χ2n) is 7.40. The van der Waals surface area contributed by atoms with Crippen molar-refractivity contribution in [3.05, 3.63) is 30.3 Å². The number of likely N-dealkylation sites (tertiary alicyclic amines) is 1. The minimum Gasteiger partial charge on any atom is -0.335 e. The maximum Gasteiger partial charge on any atom is 0.321 e. The third-order valence-corrected chi connectivity index (χ3v) is 5.59. The molecule has 1 aliphatic heterocycles. The van der Waals surface area contributed by atoms with Gasteiger partial charge >= 0.3 is 12.1 Å². The van der Waals surface area contributed by atoms with Crippen molar-refractivity contribution < 1.29 is 9.59 Å². The van der Waals surface area contributed by atoms with Gasteiger partial charge in [0.05, 0.1) is 0 Å². The van der Waals surface area contributed by atoms with E-state index in [4.69, 9.17) is 0 Å². The van der Waals surface area contributed by atoms with E-state index in [1.165, 1.54) is 19.3 Å². The van der Waals surface area contributed by atoms with Gasteiger partial charge in [-0.25, -0.2) is 9.59 Å². The molecule has 3 atom stereocenters. The van der Waals surface area contributed by atoms with Crippen molar-refractivity contribution in [3.8, 4) is 0 Å². The molecule has 3 rings (SSSR count). The zero-order valence-corrected chi connectivity index (χ0v) is 15.5. The molecule has 2 fully saturated rings. The van der Waals surface area contributed by atoms with E-state index in [1.54, 1.807) is 4.90 Å². The van der Waals surface area contributed by atoms with Gasteiger partial charge in [-0.3, -0.25) is 0 Å². The summed E-state index contributed by atoms with van der Waals surface area (Å²) in [5, 5.41) is 9.10. The fourth-order valence-corrected chi connectivity index (χ4v) is 4.07. The smallest absolute Gasteiger partial charge is 0.321 e. The number of anilines is 1. The Labute approximate surface area is 155 Å². The van der Waals surface area contributed by atoms with Crippen molar-refractivity contribution in [2.75, 3.05) is 18.4 Å². The first-order valence-corrected chi connectivity index (χ1v) is 9.83. The number of amides is 4. The lowest BCUT2D eigenvalue weighted by Crippen LogP contribution is -2.50. The second-order valence-corrected chi connectivity index (χ2v) is 7.40. The molecule has 2 aliphatic rings. The van der Waals surface area contributed by atoms with Crippen molar-refractivity contribution in [2.45, 2.75) is 57.5 Å². The summed E-state index contributed by atoms with van der Waals surface area (Å²) in [6.07, 6.45) is 6.64. The first kappa shape index (κ1) is 18.5. The monoisotopic (exact) mass is 358 g/mol. The fourth-order valence-electron chi connectivity index (χ4n) is 4.07. The van der Waals surface area contributed by atoms with Gasteiger partial charge in [0.1, 0.15) is 0 Å². The van der Waals surface area contributed by atoms with Crippen molar-refractivity contribution in [3.63, 3.8) is 0 Å². The Hall–Kier alpha value is -2.24. The van der Waals surface area contributed by atoms with Crippen LogP contribution in [0.25, 0.3) is 0 Å². The molecule has 1 saturated carbocycles. The molecular formula is C20H30N4O2. The van der Waals surface area contributed by atoms with E-state index in [-0.39, 0.29) is 24.1 Å². The van der Waals surface area contributed by atoms with E-state index in [2.05, 4.69) is 22.9 Å². The SMILES string of the molecule is CCC1CCCCC1NC(=O)NC1CCN(C(=O)Nc2ccccc2)C1. The topological polar surface area (TPSA) is 73.5 Å². The molecule has 1 aliphatic carbocycles. The predicted molar refractivity (Wildman–Crippen MR) is 103 cm³/mol. The summed E-state index contributed by atoms with van der Waals surface area (Å²) >= 11 is 0. The summed E-state index contributed by atoms with van der Waals surface area (Å²) in [6.45, 7) is 3.40. The first-order chi connectivity index (χ1) is 12.7. The average Bonchev–Trinajstić information content (AvgIpc) is 3.11. The van der Waals surface area contributed by atoms with Gasteiger partial charge in [0, 0.05) is 30.9 Å². The minimum absolute atomic E-state index is 0.0141. The number of hydrogen-bond donors (Lipinski definition) is 3. The van der Waals surface area contributed by atoms with Crippen LogP contribution in [-0.4, -0.2) is 42.1 Å². The van der Waals surface area contributed by atoms with Gasteiger partial charge in [-0.1, -0.05) is 44.4 Å². The lowest BCUT2D eigenvalue weighted by molar-refractivity contribution is 0.210. The van der Waals surface area contributed by atoms with Gasteiger partial charge in [-0.15, -0.1) is 0 Å². The number of benzene rings is 1. The highest BCUT2D eigenvalue weighted by Gasteiger charge is 2.29. The van der Waals surface area contributed by atoms with E-state index in [9.17, 15) is 9.59 Å². The third-order valence-electron chi connectivity index (χ3n) is 5.59. The maximum atomic E-state index is 12.4. The summed E-state index contributed by atoms with van der Waals surface area (Å²) in [6, 6.07) is 9.53. The van der Waals surface area contributed by atoms with Crippen LogP contribution in [0.3, 0.4) is 0 Å². The standard InChI is InChI=1S/C20H30N4O2/c1-2-15-8-6-7-11-18(15)23-19(25)21-17-12-13-24(14-17)20(26)22-16-9-4-3-5-10-16/h3-5,9-10,15,17-18H,2,6-8,11-14H2,1H3,(H,22,26)(H2,21,23,25). The Bertz CT molecular complexity index is 607. The van der Waals surface area contributed by atoms with Crippen LogP contribution in [0.4, 0.5) is 15.3 Å². The highest BCUT2D eigenvalue weighted by atomic mass is 16.2. The van der Waals surface area contributed by atoms with Crippen LogP contribution < -0.4 is 16.0 Å². The number of nitrogens with one attached hydrogen (secondary N) is 3. The van der Waals surface area contributed by atoms with Gasteiger partial charge < -0.3 is 20.9 Å². The maximum absolute atomic E-state index is 12.4. The number of urea groups is 2. The van der Waals surface area contributed by atoms with E-state index < -0.39 is 0 Å². The van der Waals surface area contributed by atoms with Crippen LogP contribution in [-0.2, 0) is 0 Å². The molecule has 1 aromatic carbocycles. The van der Waals surface area contributed by atoms with Crippen molar-refractivity contribution >= 4 is 17.7 Å². The molecule has 6 heteroatoms. The fraction of sp³-hybridized carbons (Fsp3) is 0.600. The first-order valence-electron chi connectivity index (χ1n) is 9.83. The van der Waals surface area contributed by atoms with Crippen LogP contribution in [0, 0.1) is 5.92 Å². The quantitative estimate of drug-likeness (QED) is 0.770. The van der Waals surface area contributed by atoms with E-state index in [1.807, 2.05) is 30.3 Å². The Balaban J connectivity index is 1.43. The lowest BCUT2D eigenvalue weighted by atomic mass is 9.83. The van der Waals surface area contributed by atoms with Crippen molar-refractivity contribution in [1.29, 1.82) is 0 Å². The van der Waals surface area contributed by atoms with Crippen LogP contribution in [0.5, 0.6) is 0 Å². The highest BCUT2D eigenvalue weighted by molar-refractivity contribution is 5.89. The molecule has 1 aromatic rings. The van der Waals surface area contributed by atoms with Crippen LogP contribution in [0.2, 0.25) is 0 Å². The van der Waals surface area contributed by atoms with Crippen LogP contribution in [0.1, 0.15) is 45.4 Å². The summed E-state index contributed by atoms with van der Waals surface area (Å²) in [7, 11) is 0. The number of nitrogens with zero attached hydrogens (tertiary/aromatic N) is 1. The number of para-hydroxylation sites is 1. The summed E-state index contributed by atoms with van der Waals surface area (Å²) in [4.78, 5) is 26.4. The zero-order chi connectivity index (χ0) is 18.4. The molecule has 1 heterocycles. The van der Waals surface area contributed by atoms with Crippen LogP contribution in [0.15, 0.2) is 30.3 Å². The molecular weight excluding hydrogens is 328 g/mol. The molecule has 3 N–H and O–H groups in total. The zero-order valence-electron chi connectivity index (χ0n) is 15.5. The molecule has 0 aromatic heterocycles. The van der Waals surface area contributed by atoms with Crippen molar-refractivity contribution in [2.24, 2.45) is 5.92 Å². The normalized spacial score (nSPS) is 25.6. The predicted octanol–water partition coefficient (Wildman–Crippen LogP) is 3.56. The second kappa shape index (κ2) is 8.92. The Kier molecular flexibility index (Phi) is 6.36. The number of carbonyl (C=O) groups excluding carboxylic acids is 2. The van der Waals surface area contributed by atoms with E-state index >= 15 is 0 Å². The third kappa shape index (κ3) is 4.90. The molecule has 0 radical (unpaired) electrons. The van der Waals surface area contributed by atoms with Gasteiger partial charge in [0.15, 0.2) is 0 Å². The minimum atomic E-state index is -0.112. The molecule has 1 saturated heterocycles. The largest absolute Gasteiger partial charge is 0.335 e. The summed E-state index contributed by atoms with van der Waals surface area (Å²) in [5.74, 6) is 0.589.